The van der Waals surface area contributed by atoms with Crippen LogP contribution in [0.15, 0.2) is 72.9 Å². The van der Waals surface area contributed by atoms with Crippen molar-refractivity contribution in [2.75, 3.05) is 13.2 Å². The number of esters is 3. The van der Waals surface area contributed by atoms with E-state index in [0.29, 0.717) is 19.3 Å². The van der Waals surface area contributed by atoms with Gasteiger partial charge in [0.15, 0.2) is 6.10 Å². The molecule has 0 N–H and O–H groups in total. The topological polar surface area (TPSA) is 78.9 Å². The summed E-state index contributed by atoms with van der Waals surface area (Å²) in [5.41, 5.74) is 0. The van der Waals surface area contributed by atoms with Crippen LogP contribution < -0.4 is 0 Å². The molecule has 6 heteroatoms. The maximum absolute atomic E-state index is 12.9. The van der Waals surface area contributed by atoms with Gasteiger partial charge in [-0.2, -0.15) is 0 Å². The molecule has 0 rings (SSSR count). The number of allylic oxidation sites excluding steroid dienone is 12. The fourth-order valence-electron chi connectivity index (χ4n) is 10.7. The number of hydrogen-bond acceptors (Lipinski definition) is 6. The van der Waals surface area contributed by atoms with Gasteiger partial charge >= 0.3 is 17.9 Å². The molecule has 6 nitrogen and oxygen atoms in total. The van der Waals surface area contributed by atoms with Crippen molar-refractivity contribution in [3.05, 3.63) is 72.9 Å². The van der Waals surface area contributed by atoms with Gasteiger partial charge in [0.1, 0.15) is 13.2 Å². The molecular formula is C77H138O6. The van der Waals surface area contributed by atoms with E-state index in [1.807, 2.05) is 0 Å². The first-order chi connectivity index (χ1) is 41.0. The third kappa shape index (κ3) is 69.5. The van der Waals surface area contributed by atoms with Crippen LogP contribution in [0.2, 0.25) is 0 Å². The minimum Gasteiger partial charge on any atom is -0.462 e. The Morgan fingerprint density at radius 2 is 0.434 bits per heavy atom. The predicted octanol–water partition coefficient (Wildman–Crippen LogP) is 25.2. The van der Waals surface area contributed by atoms with Gasteiger partial charge in [0, 0.05) is 19.3 Å². The van der Waals surface area contributed by atoms with Crippen LogP contribution in [0.25, 0.3) is 0 Å². The van der Waals surface area contributed by atoms with Gasteiger partial charge in [-0.25, -0.2) is 0 Å². The maximum Gasteiger partial charge on any atom is 0.306 e. The van der Waals surface area contributed by atoms with Crippen LogP contribution in [0.5, 0.6) is 0 Å². The van der Waals surface area contributed by atoms with Gasteiger partial charge in [0.05, 0.1) is 0 Å². The van der Waals surface area contributed by atoms with E-state index in [2.05, 4.69) is 93.7 Å². The summed E-state index contributed by atoms with van der Waals surface area (Å²) in [6.45, 7) is 6.64. The van der Waals surface area contributed by atoms with Gasteiger partial charge in [-0.05, 0) is 96.3 Å². The van der Waals surface area contributed by atoms with Crippen molar-refractivity contribution in [1.82, 2.24) is 0 Å². The van der Waals surface area contributed by atoms with Crippen LogP contribution in [-0.4, -0.2) is 37.2 Å². The smallest absolute Gasteiger partial charge is 0.306 e. The summed E-state index contributed by atoms with van der Waals surface area (Å²) in [5, 5.41) is 0. The zero-order valence-electron chi connectivity index (χ0n) is 55.5. The van der Waals surface area contributed by atoms with Gasteiger partial charge in [0.2, 0.25) is 0 Å². The molecule has 0 aliphatic carbocycles. The van der Waals surface area contributed by atoms with Crippen molar-refractivity contribution in [3.63, 3.8) is 0 Å². The van der Waals surface area contributed by atoms with E-state index in [1.165, 1.54) is 257 Å². The maximum atomic E-state index is 12.9. The molecular weight excluding hydrogens is 1020 g/mol. The minimum atomic E-state index is -0.776. The Labute approximate surface area is 516 Å². The van der Waals surface area contributed by atoms with Crippen molar-refractivity contribution >= 4 is 17.9 Å². The van der Waals surface area contributed by atoms with Crippen LogP contribution in [0.1, 0.15) is 380 Å². The predicted molar refractivity (Wildman–Crippen MR) is 362 cm³/mol. The summed E-state index contributed by atoms with van der Waals surface area (Å²) < 4.78 is 16.9. The lowest BCUT2D eigenvalue weighted by Gasteiger charge is -2.18. The van der Waals surface area contributed by atoms with Crippen LogP contribution >= 0.6 is 0 Å². The number of ether oxygens (including phenoxy) is 3. The fourth-order valence-corrected chi connectivity index (χ4v) is 10.7. The van der Waals surface area contributed by atoms with Crippen LogP contribution in [0.3, 0.4) is 0 Å². The first-order valence-corrected chi connectivity index (χ1v) is 36.4. The van der Waals surface area contributed by atoms with Gasteiger partial charge < -0.3 is 14.2 Å². The van der Waals surface area contributed by atoms with Gasteiger partial charge in [0.25, 0.3) is 0 Å². The van der Waals surface area contributed by atoms with E-state index in [-0.39, 0.29) is 31.1 Å². The summed E-state index contributed by atoms with van der Waals surface area (Å²) in [5.74, 6) is -0.859. The molecule has 0 fully saturated rings. The lowest BCUT2D eigenvalue weighted by molar-refractivity contribution is -0.167. The number of carbonyl (C=O) groups is 3. The first kappa shape index (κ1) is 79.8. The molecule has 0 bridgehead atoms. The van der Waals surface area contributed by atoms with Gasteiger partial charge in [-0.15, -0.1) is 0 Å². The Morgan fingerprint density at radius 3 is 0.675 bits per heavy atom. The van der Waals surface area contributed by atoms with Crippen molar-refractivity contribution < 1.29 is 28.6 Å². The summed E-state index contributed by atoms with van der Waals surface area (Å²) in [4.78, 5) is 38.3. The average molecular weight is 1160 g/mol. The number of carbonyl (C=O) groups excluding carboxylic acids is 3. The van der Waals surface area contributed by atoms with Crippen LogP contribution in [-0.2, 0) is 28.6 Å². The third-order valence-electron chi connectivity index (χ3n) is 16.2. The normalized spacial score (nSPS) is 12.5. The minimum absolute atomic E-state index is 0.0726. The molecule has 0 aliphatic heterocycles. The number of unbranched alkanes of at least 4 members (excludes halogenated alkanes) is 44. The molecule has 83 heavy (non-hydrogen) atoms. The number of rotatable bonds is 67. The largest absolute Gasteiger partial charge is 0.462 e. The van der Waals surface area contributed by atoms with Crippen LogP contribution in [0.4, 0.5) is 0 Å². The lowest BCUT2D eigenvalue weighted by Crippen LogP contribution is -2.30. The summed E-state index contributed by atoms with van der Waals surface area (Å²) in [6.07, 6.45) is 93.8. The summed E-state index contributed by atoms with van der Waals surface area (Å²) in [7, 11) is 0. The van der Waals surface area contributed by atoms with E-state index in [1.54, 1.807) is 0 Å². The highest BCUT2D eigenvalue weighted by Gasteiger charge is 2.19. The highest BCUT2D eigenvalue weighted by Crippen LogP contribution is 2.18. The van der Waals surface area contributed by atoms with Gasteiger partial charge in [-0.1, -0.05) is 338 Å². The quantitative estimate of drug-likeness (QED) is 0.0261. The first-order valence-electron chi connectivity index (χ1n) is 36.4. The van der Waals surface area contributed by atoms with Crippen LogP contribution in [0, 0.1) is 0 Å². The van der Waals surface area contributed by atoms with Gasteiger partial charge in [-0.3, -0.25) is 14.4 Å². The molecule has 0 aromatic heterocycles. The van der Waals surface area contributed by atoms with E-state index >= 15 is 0 Å². The molecule has 0 heterocycles. The lowest BCUT2D eigenvalue weighted by atomic mass is 10.0. The Bertz CT molecular complexity index is 1520. The summed E-state index contributed by atoms with van der Waals surface area (Å²) in [6, 6.07) is 0. The molecule has 0 aliphatic rings. The molecule has 0 aromatic rings. The summed E-state index contributed by atoms with van der Waals surface area (Å²) >= 11 is 0. The number of hydrogen-bond donors (Lipinski definition) is 0. The molecule has 0 amide bonds. The van der Waals surface area contributed by atoms with Crippen molar-refractivity contribution in [3.8, 4) is 0 Å². The monoisotopic (exact) mass is 1160 g/mol. The Hall–Kier alpha value is -3.15. The Morgan fingerprint density at radius 1 is 0.241 bits per heavy atom. The molecule has 482 valence electrons. The zero-order valence-corrected chi connectivity index (χ0v) is 55.5. The molecule has 0 aromatic carbocycles. The molecule has 1 unspecified atom stereocenters. The average Bonchev–Trinajstić information content (AvgIpc) is 3.49. The molecule has 0 saturated heterocycles. The molecule has 0 radical (unpaired) electrons. The Kier molecular flexibility index (Phi) is 68.6. The Balaban J connectivity index is 4.12. The second kappa shape index (κ2) is 71.3. The highest BCUT2D eigenvalue weighted by molar-refractivity contribution is 5.71. The second-order valence-corrected chi connectivity index (χ2v) is 24.5. The standard InChI is InChI=1S/C77H138O6/c1-4-7-10-13-16-19-21-23-25-27-29-31-33-35-36-37-38-39-40-42-43-45-47-49-51-53-55-58-61-64-67-70-76(79)82-73-74(72-81-75(78)69-66-63-60-57-18-15-12-9-6-3)83-77(80)71-68-65-62-59-56-54-52-50-48-46-44-41-34-32-30-28-26-24-22-20-17-14-11-8-5-2/h21-24,27-30,33-35,41,74H,4-20,25-26,31-32,36-40,42-73H2,1-3H3/b23-21-,24-22-,29-27-,30-28-,35-33-,41-34-. The highest BCUT2D eigenvalue weighted by atomic mass is 16.6. The van der Waals surface area contributed by atoms with Crippen molar-refractivity contribution in [1.29, 1.82) is 0 Å². The molecule has 0 saturated carbocycles. The third-order valence-corrected chi connectivity index (χ3v) is 16.2. The fraction of sp³-hybridized carbons (Fsp3) is 0.805. The SMILES string of the molecule is CCCCCCC/C=C\C/C=C\C/C=C\CCCCCCCCCCCCCCCCCCC(=O)OCC(COC(=O)CCCCCCCCCCC)OC(=O)CCCCCCCCCCCC/C=C\C/C=C\C/C=C\CCCCCCC. The van der Waals surface area contributed by atoms with E-state index < -0.39 is 6.10 Å². The molecule has 1 atom stereocenters. The van der Waals surface area contributed by atoms with E-state index in [4.69, 9.17) is 14.2 Å². The van der Waals surface area contributed by atoms with E-state index in [9.17, 15) is 14.4 Å². The van der Waals surface area contributed by atoms with E-state index in [0.717, 1.165) is 83.5 Å². The zero-order chi connectivity index (χ0) is 59.9. The van der Waals surface area contributed by atoms with Crippen molar-refractivity contribution in [2.24, 2.45) is 0 Å². The van der Waals surface area contributed by atoms with Crippen molar-refractivity contribution in [2.45, 2.75) is 386 Å². The second-order valence-electron chi connectivity index (χ2n) is 24.5. The molecule has 0 spiro atoms.